The molecular formula is C29H55NO7. The highest BCUT2D eigenvalue weighted by Gasteiger charge is 2.21. The van der Waals surface area contributed by atoms with Crippen LogP contribution in [-0.4, -0.2) is 74.5 Å². The molecule has 0 aromatic heterocycles. The van der Waals surface area contributed by atoms with Gasteiger partial charge in [-0.1, -0.05) is 78.1 Å². The van der Waals surface area contributed by atoms with Gasteiger partial charge in [0.15, 0.2) is 6.10 Å². The Morgan fingerprint density at radius 1 is 0.649 bits per heavy atom. The Balaban J connectivity index is 4.04. The van der Waals surface area contributed by atoms with E-state index in [1.165, 1.54) is 51.4 Å². The van der Waals surface area contributed by atoms with Crippen LogP contribution in [0.1, 0.15) is 117 Å². The van der Waals surface area contributed by atoms with E-state index in [2.05, 4.69) is 13.8 Å². The lowest BCUT2D eigenvalue weighted by Gasteiger charge is -2.16. The van der Waals surface area contributed by atoms with Crippen LogP contribution in [0.2, 0.25) is 0 Å². The molecule has 0 spiro atoms. The van der Waals surface area contributed by atoms with Crippen molar-refractivity contribution in [3.63, 3.8) is 0 Å². The van der Waals surface area contributed by atoms with Crippen LogP contribution < -0.4 is 0 Å². The van der Waals surface area contributed by atoms with E-state index in [1.54, 1.807) is 0 Å². The van der Waals surface area contributed by atoms with Gasteiger partial charge in [-0.2, -0.15) is 0 Å². The average molecular weight is 530 g/mol. The van der Waals surface area contributed by atoms with Gasteiger partial charge in [0.25, 0.3) is 0 Å². The third-order valence-corrected chi connectivity index (χ3v) is 6.36. The first-order chi connectivity index (χ1) is 17.8. The van der Waals surface area contributed by atoms with Crippen molar-refractivity contribution in [3.8, 4) is 0 Å². The van der Waals surface area contributed by atoms with Crippen LogP contribution >= 0.6 is 0 Å². The monoisotopic (exact) mass is 529 g/mol. The van der Waals surface area contributed by atoms with Crippen LogP contribution in [0, 0.1) is 5.92 Å². The van der Waals surface area contributed by atoms with Crippen LogP contribution in [0.4, 0.5) is 0 Å². The zero-order valence-electron chi connectivity index (χ0n) is 24.1. The van der Waals surface area contributed by atoms with Crippen LogP contribution in [0.3, 0.4) is 0 Å². The van der Waals surface area contributed by atoms with E-state index < -0.39 is 24.5 Å². The van der Waals surface area contributed by atoms with Crippen molar-refractivity contribution >= 4 is 17.9 Å². The summed E-state index contributed by atoms with van der Waals surface area (Å²) in [5.41, 5.74) is 0. The number of nitrogens with zero attached hydrogens (tertiary/aromatic N) is 1. The highest BCUT2D eigenvalue weighted by molar-refractivity contribution is 5.81. The summed E-state index contributed by atoms with van der Waals surface area (Å²) in [6, 6.07) is 0. The predicted octanol–water partition coefficient (Wildman–Crippen LogP) is 5.44. The lowest BCUT2D eigenvalue weighted by atomic mass is 9.94. The topological polar surface area (TPSA) is 102 Å². The van der Waals surface area contributed by atoms with Crippen molar-refractivity contribution in [2.45, 2.75) is 123 Å². The molecule has 0 bridgehead atoms. The minimum atomic E-state index is -1.51. The van der Waals surface area contributed by atoms with E-state index in [1.807, 2.05) is 19.0 Å². The molecule has 0 saturated carbocycles. The number of unbranched alkanes of at least 4 members (excludes halogenated alkanes) is 10. The van der Waals surface area contributed by atoms with Crippen molar-refractivity contribution in [2.24, 2.45) is 5.92 Å². The molecule has 218 valence electrons. The average Bonchev–Trinajstić information content (AvgIpc) is 2.86. The molecular weight excluding hydrogens is 474 g/mol. The van der Waals surface area contributed by atoms with E-state index in [0.29, 0.717) is 26.0 Å². The summed E-state index contributed by atoms with van der Waals surface area (Å²) < 4.78 is 15.6. The number of ether oxygens (including phenoxy) is 3. The summed E-state index contributed by atoms with van der Waals surface area (Å²) in [5.74, 6) is -1.52. The molecule has 37 heavy (non-hydrogen) atoms. The highest BCUT2D eigenvalue weighted by atomic mass is 16.6. The number of aliphatic hydroxyl groups is 1. The molecule has 2 atom stereocenters. The zero-order chi connectivity index (χ0) is 27.7. The van der Waals surface area contributed by atoms with E-state index in [9.17, 15) is 19.5 Å². The van der Waals surface area contributed by atoms with Gasteiger partial charge in [0, 0.05) is 6.54 Å². The van der Waals surface area contributed by atoms with Gasteiger partial charge < -0.3 is 24.2 Å². The zero-order valence-corrected chi connectivity index (χ0v) is 24.1. The summed E-state index contributed by atoms with van der Waals surface area (Å²) in [5, 5.41) is 9.77. The van der Waals surface area contributed by atoms with Gasteiger partial charge in [-0.15, -0.1) is 0 Å². The quantitative estimate of drug-likeness (QED) is 0.0948. The fourth-order valence-electron chi connectivity index (χ4n) is 3.95. The molecule has 0 aliphatic rings. The Hall–Kier alpha value is -1.67. The molecule has 0 fully saturated rings. The van der Waals surface area contributed by atoms with Gasteiger partial charge in [-0.25, -0.2) is 4.79 Å². The molecule has 0 aliphatic carbocycles. The van der Waals surface area contributed by atoms with Crippen molar-refractivity contribution in [1.82, 2.24) is 4.90 Å². The maximum Gasteiger partial charge on any atom is 0.335 e. The van der Waals surface area contributed by atoms with Crippen LogP contribution in [0.15, 0.2) is 0 Å². The first-order valence-electron chi connectivity index (χ1n) is 14.6. The second-order valence-electron chi connectivity index (χ2n) is 10.2. The van der Waals surface area contributed by atoms with Gasteiger partial charge in [-0.05, 0) is 46.2 Å². The summed E-state index contributed by atoms with van der Waals surface area (Å²) in [7, 11) is 3.68. The van der Waals surface area contributed by atoms with Gasteiger partial charge in [0.05, 0.1) is 25.6 Å². The summed E-state index contributed by atoms with van der Waals surface area (Å²) in [6.45, 7) is 5.68. The predicted molar refractivity (Wildman–Crippen MR) is 146 cm³/mol. The number of carbonyl (C=O) groups excluding carboxylic acids is 3. The standard InChI is InChI=1S/C29H55NO7/c1-5-7-9-11-12-15-19-25(18-14-10-8-6-2)28(33)36-22-17-13-16-21-35-27(32)24-26(31)29(34)37-23-20-30(3)4/h25-26,31H,5-24H2,1-4H3/t25?,26-/m0/s1. The second-order valence-corrected chi connectivity index (χ2v) is 10.2. The number of hydrogen-bond acceptors (Lipinski definition) is 8. The third-order valence-electron chi connectivity index (χ3n) is 6.36. The lowest BCUT2D eigenvalue weighted by Crippen LogP contribution is -2.29. The molecule has 0 heterocycles. The summed E-state index contributed by atoms with van der Waals surface area (Å²) in [6.07, 6.45) is 14.0. The van der Waals surface area contributed by atoms with E-state index in [0.717, 1.165) is 32.1 Å². The summed E-state index contributed by atoms with van der Waals surface area (Å²) >= 11 is 0. The Kier molecular flexibility index (Phi) is 23.5. The van der Waals surface area contributed by atoms with Crippen molar-refractivity contribution in [3.05, 3.63) is 0 Å². The van der Waals surface area contributed by atoms with Crippen molar-refractivity contribution < 1.29 is 33.7 Å². The first-order valence-corrected chi connectivity index (χ1v) is 14.6. The van der Waals surface area contributed by atoms with Crippen molar-refractivity contribution in [2.75, 3.05) is 40.5 Å². The number of hydrogen-bond donors (Lipinski definition) is 1. The number of esters is 3. The Morgan fingerprint density at radius 3 is 1.73 bits per heavy atom. The second kappa shape index (κ2) is 24.7. The maximum absolute atomic E-state index is 12.7. The first kappa shape index (κ1) is 35.3. The Labute approximate surface area is 225 Å². The number of carbonyl (C=O) groups is 3. The van der Waals surface area contributed by atoms with Gasteiger partial charge in [0.1, 0.15) is 6.61 Å². The number of rotatable bonds is 25. The normalized spacial score (nSPS) is 12.8. The minimum Gasteiger partial charge on any atom is -0.466 e. The summed E-state index contributed by atoms with van der Waals surface area (Å²) in [4.78, 5) is 38.0. The molecule has 1 unspecified atom stereocenters. The minimum absolute atomic E-state index is 0.00462. The third kappa shape index (κ3) is 22.1. The fraction of sp³-hybridized carbons (Fsp3) is 0.897. The molecule has 0 amide bonds. The fourth-order valence-corrected chi connectivity index (χ4v) is 3.95. The molecule has 0 saturated heterocycles. The SMILES string of the molecule is CCCCCCCCC(CCCCCC)C(=O)OCCCCCOC(=O)C[C@H](O)C(=O)OCCN(C)C. The number of aliphatic hydroxyl groups excluding tert-OH is 1. The van der Waals surface area contributed by atoms with Crippen LogP contribution in [0.5, 0.6) is 0 Å². The molecule has 0 aromatic carbocycles. The van der Waals surface area contributed by atoms with Crippen LogP contribution in [-0.2, 0) is 28.6 Å². The Bertz CT molecular complexity index is 583. The van der Waals surface area contributed by atoms with Gasteiger partial charge in [0.2, 0.25) is 0 Å². The molecule has 0 aliphatic heterocycles. The van der Waals surface area contributed by atoms with E-state index in [-0.39, 0.29) is 25.1 Å². The van der Waals surface area contributed by atoms with Gasteiger partial charge in [-0.3, -0.25) is 9.59 Å². The van der Waals surface area contributed by atoms with Gasteiger partial charge >= 0.3 is 17.9 Å². The molecule has 0 rings (SSSR count). The molecule has 1 N–H and O–H groups in total. The van der Waals surface area contributed by atoms with Crippen LogP contribution in [0.25, 0.3) is 0 Å². The molecule has 0 aromatic rings. The Morgan fingerprint density at radius 2 is 1.14 bits per heavy atom. The lowest BCUT2D eigenvalue weighted by molar-refractivity contribution is -0.160. The molecule has 8 nitrogen and oxygen atoms in total. The maximum atomic E-state index is 12.7. The largest absolute Gasteiger partial charge is 0.466 e. The molecule has 0 radical (unpaired) electrons. The number of likely N-dealkylation sites (N-methyl/N-ethyl adjacent to an activating group) is 1. The highest BCUT2D eigenvalue weighted by Crippen LogP contribution is 2.20. The van der Waals surface area contributed by atoms with E-state index in [4.69, 9.17) is 14.2 Å². The van der Waals surface area contributed by atoms with E-state index >= 15 is 0 Å². The van der Waals surface area contributed by atoms with Crippen molar-refractivity contribution in [1.29, 1.82) is 0 Å². The smallest absolute Gasteiger partial charge is 0.335 e. The molecule has 8 heteroatoms.